The second kappa shape index (κ2) is 5.75. The molecular weight excluding hydrogens is 322 g/mol. The van der Waals surface area contributed by atoms with Gasteiger partial charge in [-0.25, -0.2) is 14.9 Å². The first kappa shape index (κ1) is 14.9. The van der Waals surface area contributed by atoms with Crippen LogP contribution in [0.3, 0.4) is 0 Å². The number of aromatic amines is 2. The summed E-state index contributed by atoms with van der Waals surface area (Å²) in [5, 5.41) is 10.5. The number of nitrogens with zero attached hydrogens (tertiary/aromatic N) is 2. The minimum absolute atomic E-state index is 0.230. The molecule has 8 heteroatoms. The molecule has 3 N–H and O–H groups in total. The Morgan fingerprint density at radius 1 is 1.16 bits per heavy atom. The highest BCUT2D eigenvalue weighted by Gasteiger charge is 2.11. The lowest BCUT2D eigenvalue weighted by Crippen LogP contribution is -2.11. The maximum atomic E-state index is 11.9. The van der Waals surface area contributed by atoms with Crippen molar-refractivity contribution in [1.82, 2.24) is 20.2 Å². The van der Waals surface area contributed by atoms with E-state index >= 15 is 0 Å². The van der Waals surface area contributed by atoms with Gasteiger partial charge in [0, 0.05) is 10.9 Å². The zero-order valence-corrected chi connectivity index (χ0v) is 13.2. The number of amides is 1. The molecule has 124 valence electrons. The van der Waals surface area contributed by atoms with E-state index in [2.05, 4.69) is 30.2 Å². The first-order chi connectivity index (χ1) is 12.2. The number of carbonyl (C=O) groups excluding carboxylic acids is 1. The second-order valence-corrected chi connectivity index (χ2v) is 5.38. The number of benzene rings is 2. The zero-order chi connectivity index (χ0) is 17.4. The van der Waals surface area contributed by atoms with E-state index in [1.807, 2.05) is 36.4 Å². The fourth-order valence-corrected chi connectivity index (χ4v) is 2.70. The first-order valence-electron chi connectivity index (χ1n) is 7.48. The Balaban J connectivity index is 1.84. The maximum absolute atomic E-state index is 11.9. The summed E-state index contributed by atoms with van der Waals surface area (Å²) < 4.78 is 4.55. The number of hydrogen-bond acceptors (Lipinski definition) is 5. The average Bonchev–Trinajstić information content (AvgIpc) is 3.03. The van der Waals surface area contributed by atoms with Crippen LogP contribution in [0, 0.1) is 0 Å². The molecule has 0 unspecified atom stereocenters. The van der Waals surface area contributed by atoms with Crippen LogP contribution in [0.4, 0.5) is 10.7 Å². The van der Waals surface area contributed by atoms with Crippen LogP contribution in [-0.4, -0.2) is 33.4 Å². The van der Waals surface area contributed by atoms with Crippen molar-refractivity contribution in [3.8, 4) is 11.3 Å². The number of rotatable bonds is 2. The number of ether oxygens (including phenoxy) is 1. The van der Waals surface area contributed by atoms with Crippen LogP contribution in [0.5, 0.6) is 0 Å². The van der Waals surface area contributed by atoms with Crippen LogP contribution in [0.1, 0.15) is 0 Å². The molecule has 0 fully saturated rings. The van der Waals surface area contributed by atoms with Crippen molar-refractivity contribution >= 4 is 33.8 Å². The predicted molar refractivity (Wildman–Crippen MR) is 93.5 cm³/mol. The predicted octanol–water partition coefficient (Wildman–Crippen LogP) is 2.64. The molecule has 0 spiro atoms. The summed E-state index contributed by atoms with van der Waals surface area (Å²) in [4.78, 5) is 30.5. The molecule has 8 nitrogen and oxygen atoms in total. The number of imidazole rings is 1. The monoisotopic (exact) mass is 335 g/mol. The number of aromatic nitrogens is 4. The zero-order valence-electron chi connectivity index (χ0n) is 13.2. The molecule has 0 aliphatic carbocycles. The Kier molecular flexibility index (Phi) is 3.42. The number of methoxy groups -OCH3 is 1. The number of fused-ring (bicyclic) bond motifs is 2. The molecule has 0 aliphatic rings. The minimum atomic E-state index is -0.604. The van der Waals surface area contributed by atoms with E-state index in [-0.39, 0.29) is 5.56 Å². The Bertz CT molecular complexity index is 1160. The molecule has 1 amide bonds. The molecule has 0 aliphatic heterocycles. The van der Waals surface area contributed by atoms with Crippen LogP contribution in [0.25, 0.3) is 33.1 Å². The molecule has 0 bridgehead atoms. The van der Waals surface area contributed by atoms with Crippen LogP contribution in [-0.2, 0) is 4.74 Å². The van der Waals surface area contributed by atoms with E-state index in [1.165, 1.54) is 7.11 Å². The fourth-order valence-electron chi connectivity index (χ4n) is 2.70. The number of anilines is 1. The summed E-state index contributed by atoms with van der Waals surface area (Å²) in [6.45, 7) is 0. The molecule has 2 heterocycles. The summed E-state index contributed by atoms with van der Waals surface area (Å²) in [5.74, 6) is 0.290. The van der Waals surface area contributed by atoms with Gasteiger partial charge in [0.15, 0.2) is 0 Å². The van der Waals surface area contributed by atoms with Gasteiger partial charge in [0.1, 0.15) is 0 Å². The van der Waals surface area contributed by atoms with Gasteiger partial charge in [-0.15, -0.1) is 0 Å². The fraction of sp³-hybridized carbons (Fsp3) is 0.0588. The molecule has 0 radical (unpaired) electrons. The van der Waals surface area contributed by atoms with Gasteiger partial charge in [-0.05, 0) is 18.2 Å². The summed E-state index contributed by atoms with van der Waals surface area (Å²) in [6, 6.07) is 12.8. The lowest BCUT2D eigenvalue weighted by Gasteiger charge is -2.04. The van der Waals surface area contributed by atoms with Gasteiger partial charge in [-0.3, -0.25) is 10.1 Å². The van der Waals surface area contributed by atoms with E-state index in [9.17, 15) is 9.59 Å². The summed E-state index contributed by atoms with van der Waals surface area (Å²) in [6.07, 6.45) is -0.604. The van der Waals surface area contributed by atoms with Gasteiger partial charge in [-0.1, -0.05) is 24.3 Å². The number of hydrogen-bond donors (Lipinski definition) is 3. The van der Waals surface area contributed by atoms with Gasteiger partial charge in [0.05, 0.1) is 29.2 Å². The molecule has 0 saturated carbocycles. The molecule has 0 saturated heterocycles. The topological polar surface area (TPSA) is 113 Å². The standard InChI is InChI=1S/C17H13N5O3/c1-25-17(24)20-16-18-12-7-6-9(8-13(12)19-16)14-10-4-2-3-5-11(10)15(23)22-21-14/h2-8H,1H3,(H,22,23)(H2,18,19,20,24). The van der Waals surface area contributed by atoms with Crippen LogP contribution in [0.2, 0.25) is 0 Å². The molecule has 4 rings (SSSR count). The SMILES string of the molecule is COC(=O)Nc1nc2ccc(-c3n[nH]c(=O)c4ccccc34)cc2[nH]1. The number of H-pyrrole nitrogens is 2. The second-order valence-electron chi connectivity index (χ2n) is 5.38. The lowest BCUT2D eigenvalue weighted by molar-refractivity contribution is 0.186. The van der Waals surface area contributed by atoms with Gasteiger partial charge in [0.2, 0.25) is 5.95 Å². The molecular formula is C17H13N5O3. The maximum Gasteiger partial charge on any atom is 0.413 e. The van der Waals surface area contributed by atoms with Crippen molar-refractivity contribution in [3.63, 3.8) is 0 Å². The Morgan fingerprint density at radius 3 is 2.76 bits per heavy atom. The van der Waals surface area contributed by atoms with E-state index in [1.54, 1.807) is 6.07 Å². The van der Waals surface area contributed by atoms with Gasteiger partial charge in [-0.2, -0.15) is 5.10 Å². The smallest absolute Gasteiger partial charge is 0.413 e. The highest BCUT2D eigenvalue weighted by atomic mass is 16.5. The van der Waals surface area contributed by atoms with Crippen LogP contribution in [0.15, 0.2) is 47.3 Å². The molecule has 25 heavy (non-hydrogen) atoms. The lowest BCUT2D eigenvalue weighted by atomic mass is 10.0. The van der Waals surface area contributed by atoms with Gasteiger partial charge >= 0.3 is 6.09 Å². The normalized spacial score (nSPS) is 10.9. The average molecular weight is 335 g/mol. The van der Waals surface area contributed by atoms with Crippen molar-refractivity contribution in [2.45, 2.75) is 0 Å². The van der Waals surface area contributed by atoms with E-state index in [0.29, 0.717) is 22.5 Å². The summed E-state index contributed by atoms with van der Waals surface area (Å²) in [7, 11) is 1.28. The van der Waals surface area contributed by atoms with Crippen molar-refractivity contribution in [2.75, 3.05) is 12.4 Å². The Hall–Kier alpha value is -3.68. The van der Waals surface area contributed by atoms with Crippen molar-refractivity contribution < 1.29 is 9.53 Å². The Labute approximate surface area is 140 Å². The molecule has 4 aromatic rings. The van der Waals surface area contributed by atoms with Crippen molar-refractivity contribution in [2.24, 2.45) is 0 Å². The number of nitrogens with one attached hydrogen (secondary N) is 3. The first-order valence-corrected chi connectivity index (χ1v) is 7.48. The van der Waals surface area contributed by atoms with Crippen molar-refractivity contribution in [1.29, 1.82) is 0 Å². The van der Waals surface area contributed by atoms with Crippen molar-refractivity contribution in [3.05, 3.63) is 52.8 Å². The molecule has 0 atom stereocenters. The summed E-state index contributed by atoms with van der Waals surface area (Å²) >= 11 is 0. The quantitative estimate of drug-likeness (QED) is 0.521. The van der Waals surface area contributed by atoms with Gasteiger partial charge in [0.25, 0.3) is 5.56 Å². The Morgan fingerprint density at radius 2 is 1.96 bits per heavy atom. The van der Waals surface area contributed by atoms with E-state index in [0.717, 1.165) is 16.5 Å². The number of carbonyl (C=O) groups is 1. The third-order valence-electron chi connectivity index (χ3n) is 3.86. The van der Waals surface area contributed by atoms with Crippen LogP contribution >= 0.6 is 0 Å². The van der Waals surface area contributed by atoms with E-state index in [4.69, 9.17) is 0 Å². The highest BCUT2D eigenvalue weighted by molar-refractivity contribution is 5.96. The minimum Gasteiger partial charge on any atom is -0.453 e. The van der Waals surface area contributed by atoms with E-state index < -0.39 is 6.09 Å². The van der Waals surface area contributed by atoms with Crippen LogP contribution < -0.4 is 10.9 Å². The summed E-state index contributed by atoms with van der Waals surface area (Å²) in [5.41, 5.74) is 2.65. The van der Waals surface area contributed by atoms with Gasteiger partial charge < -0.3 is 9.72 Å². The third-order valence-corrected chi connectivity index (χ3v) is 3.86. The largest absolute Gasteiger partial charge is 0.453 e. The molecule has 2 aromatic heterocycles. The molecule has 2 aromatic carbocycles. The highest BCUT2D eigenvalue weighted by Crippen LogP contribution is 2.27. The third kappa shape index (κ3) is 2.59.